The molecule has 0 bridgehead atoms. The highest BCUT2D eigenvalue weighted by Crippen LogP contribution is 2.20. The van der Waals surface area contributed by atoms with Gasteiger partial charge in [-0.05, 0) is 11.6 Å². The Morgan fingerprint density at radius 1 is 1.19 bits per heavy atom. The van der Waals surface area contributed by atoms with Gasteiger partial charge in [-0.1, -0.05) is 30.3 Å². The number of hydrogen-bond acceptors (Lipinski definition) is 7. The number of carbonyl (C=O) groups excluding carboxylic acids is 2. The van der Waals surface area contributed by atoms with Crippen LogP contribution in [0, 0.1) is 10.1 Å². The maximum Gasteiger partial charge on any atom is 0.341 e. The fourth-order valence-corrected chi connectivity index (χ4v) is 2.94. The van der Waals surface area contributed by atoms with E-state index >= 15 is 0 Å². The first kappa shape index (κ1) is 20.2. The van der Waals surface area contributed by atoms with E-state index in [0.29, 0.717) is 12.3 Å². The van der Waals surface area contributed by atoms with Crippen LogP contribution in [0.25, 0.3) is 0 Å². The summed E-state index contributed by atoms with van der Waals surface area (Å²) < 4.78 is 4.87. The number of thioether (sulfide) groups is 1. The first-order valence-corrected chi connectivity index (χ1v) is 9.22. The lowest BCUT2D eigenvalue weighted by Crippen LogP contribution is -2.30. The van der Waals surface area contributed by atoms with Crippen LogP contribution in [0.1, 0.15) is 15.9 Å². The van der Waals surface area contributed by atoms with Crippen molar-refractivity contribution < 1.29 is 19.2 Å². The van der Waals surface area contributed by atoms with Crippen molar-refractivity contribution in [2.75, 3.05) is 24.6 Å². The molecule has 0 saturated heterocycles. The standard InChI is InChI=1S/C18H19N3O5S/c19-16-7-6-14(21(24)25)10-15(16)18(23)26-11-17(22)20-8-9-27-12-13-4-2-1-3-5-13/h1-7,10H,8-9,11-12,19H2,(H,20,22). The highest BCUT2D eigenvalue weighted by Gasteiger charge is 2.17. The number of nitrogens with zero attached hydrogens (tertiary/aromatic N) is 1. The Morgan fingerprint density at radius 3 is 2.63 bits per heavy atom. The number of benzene rings is 2. The molecule has 0 atom stereocenters. The van der Waals surface area contributed by atoms with Gasteiger partial charge < -0.3 is 15.8 Å². The molecule has 0 aliphatic rings. The number of carbonyl (C=O) groups is 2. The Bertz CT molecular complexity index is 814. The van der Waals surface area contributed by atoms with Gasteiger partial charge in [0.1, 0.15) is 0 Å². The van der Waals surface area contributed by atoms with Gasteiger partial charge in [-0.25, -0.2) is 4.79 Å². The van der Waals surface area contributed by atoms with Crippen LogP contribution in [0.4, 0.5) is 11.4 Å². The minimum absolute atomic E-state index is 0.0447. The maximum absolute atomic E-state index is 12.0. The number of amides is 1. The third-order valence-corrected chi connectivity index (χ3v) is 4.51. The van der Waals surface area contributed by atoms with Crippen LogP contribution in [-0.4, -0.2) is 35.7 Å². The summed E-state index contributed by atoms with van der Waals surface area (Å²) in [6, 6.07) is 13.4. The molecule has 0 aromatic heterocycles. The van der Waals surface area contributed by atoms with Gasteiger partial charge in [-0.15, -0.1) is 0 Å². The third kappa shape index (κ3) is 6.63. The second kappa shape index (κ2) is 10.2. The molecule has 0 spiro atoms. The number of nitrogen functional groups attached to an aromatic ring is 1. The summed E-state index contributed by atoms with van der Waals surface area (Å²) in [6.45, 7) is -0.0445. The Hall–Kier alpha value is -3.07. The van der Waals surface area contributed by atoms with E-state index < -0.39 is 23.4 Å². The summed E-state index contributed by atoms with van der Waals surface area (Å²) in [5, 5.41) is 13.4. The Labute approximate surface area is 160 Å². The SMILES string of the molecule is Nc1ccc([N+](=O)[O-])cc1C(=O)OCC(=O)NCCSCc1ccccc1. The van der Waals surface area contributed by atoms with E-state index in [-0.39, 0.29) is 16.9 Å². The Balaban J connectivity index is 1.70. The van der Waals surface area contributed by atoms with Gasteiger partial charge in [0.2, 0.25) is 0 Å². The summed E-state index contributed by atoms with van der Waals surface area (Å²) in [7, 11) is 0. The molecule has 0 aliphatic carbocycles. The van der Waals surface area contributed by atoms with Crippen molar-refractivity contribution in [3.63, 3.8) is 0 Å². The summed E-state index contributed by atoms with van der Waals surface area (Å²) in [6.07, 6.45) is 0. The molecule has 9 heteroatoms. The van der Waals surface area contributed by atoms with E-state index in [2.05, 4.69) is 5.32 Å². The quantitative estimate of drug-likeness (QED) is 0.222. The summed E-state index contributed by atoms with van der Waals surface area (Å²) in [5.41, 5.74) is 6.46. The van der Waals surface area contributed by atoms with Crippen molar-refractivity contribution >= 4 is 35.0 Å². The number of rotatable bonds is 9. The van der Waals surface area contributed by atoms with Gasteiger partial charge in [0.05, 0.1) is 10.5 Å². The smallest absolute Gasteiger partial charge is 0.341 e. The average Bonchev–Trinajstić information content (AvgIpc) is 2.66. The fraction of sp³-hybridized carbons (Fsp3) is 0.222. The van der Waals surface area contributed by atoms with Crippen LogP contribution in [0.2, 0.25) is 0 Å². The number of nitrogens with one attached hydrogen (secondary N) is 1. The molecule has 0 fully saturated rings. The normalized spacial score (nSPS) is 10.2. The van der Waals surface area contributed by atoms with Gasteiger partial charge in [0, 0.05) is 35.9 Å². The molecular weight excluding hydrogens is 370 g/mol. The number of non-ortho nitro benzene ring substituents is 1. The van der Waals surface area contributed by atoms with E-state index in [1.165, 1.54) is 17.7 Å². The second-order valence-corrected chi connectivity index (χ2v) is 6.60. The lowest BCUT2D eigenvalue weighted by atomic mass is 10.1. The zero-order valence-electron chi connectivity index (χ0n) is 14.4. The minimum atomic E-state index is -0.884. The lowest BCUT2D eigenvalue weighted by Gasteiger charge is -2.08. The lowest BCUT2D eigenvalue weighted by molar-refractivity contribution is -0.384. The first-order valence-electron chi connectivity index (χ1n) is 8.07. The van der Waals surface area contributed by atoms with Gasteiger partial charge in [-0.2, -0.15) is 11.8 Å². The molecule has 8 nitrogen and oxygen atoms in total. The number of nitro groups is 1. The molecular formula is C18H19N3O5S. The van der Waals surface area contributed by atoms with Gasteiger partial charge in [0.15, 0.2) is 6.61 Å². The zero-order chi connectivity index (χ0) is 19.6. The zero-order valence-corrected chi connectivity index (χ0v) is 15.2. The molecule has 2 aromatic carbocycles. The summed E-state index contributed by atoms with van der Waals surface area (Å²) in [4.78, 5) is 33.8. The van der Waals surface area contributed by atoms with E-state index in [0.717, 1.165) is 11.8 Å². The maximum atomic E-state index is 12.0. The number of nitrogens with two attached hydrogens (primary N) is 1. The van der Waals surface area contributed by atoms with Crippen molar-refractivity contribution in [2.45, 2.75) is 5.75 Å². The molecule has 0 aliphatic heterocycles. The number of anilines is 1. The van der Waals surface area contributed by atoms with Crippen molar-refractivity contribution in [1.29, 1.82) is 0 Å². The predicted octanol–water partition coefficient (Wildman–Crippen LogP) is 2.38. The third-order valence-electron chi connectivity index (χ3n) is 3.48. The number of hydrogen-bond donors (Lipinski definition) is 2. The van der Waals surface area contributed by atoms with E-state index in [1.54, 1.807) is 11.8 Å². The van der Waals surface area contributed by atoms with Crippen molar-refractivity contribution in [3.05, 3.63) is 69.8 Å². The predicted molar refractivity (Wildman–Crippen MR) is 103 cm³/mol. The highest BCUT2D eigenvalue weighted by molar-refractivity contribution is 7.98. The second-order valence-electron chi connectivity index (χ2n) is 5.49. The largest absolute Gasteiger partial charge is 0.452 e. The van der Waals surface area contributed by atoms with E-state index in [1.807, 2.05) is 30.3 Å². The van der Waals surface area contributed by atoms with Crippen LogP contribution in [0.5, 0.6) is 0 Å². The number of esters is 1. The van der Waals surface area contributed by atoms with E-state index in [9.17, 15) is 19.7 Å². The van der Waals surface area contributed by atoms with E-state index in [4.69, 9.17) is 10.5 Å². The molecule has 3 N–H and O–H groups in total. The molecule has 0 unspecified atom stereocenters. The minimum Gasteiger partial charge on any atom is -0.452 e. The van der Waals surface area contributed by atoms with Gasteiger partial charge in [0.25, 0.3) is 11.6 Å². The topological polar surface area (TPSA) is 125 Å². The van der Waals surface area contributed by atoms with Crippen LogP contribution in [-0.2, 0) is 15.3 Å². The van der Waals surface area contributed by atoms with Gasteiger partial charge in [-0.3, -0.25) is 14.9 Å². The molecule has 27 heavy (non-hydrogen) atoms. The summed E-state index contributed by atoms with van der Waals surface area (Å²) in [5.74, 6) is 0.224. The number of nitro benzene ring substituents is 1. The average molecular weight is 389 g/mol. The summed E-state index contributed by atoms with van der Waals surface area (Å²) >= 11 is 1.67. The number of ether oxygens (including phenoxy) is 1. The van der Waals surface area contributed by atoms with Crippen molar-refractivity contribution in [1.82, 2.24) is 5.32 Å². The fourth-order valence-electron chi connectivity index (χ4n) is 2.12. The Morgan fingerprint density at radius 2 is 1.93 bits per heavy atom. The van der Waals surface area contributed by atoms with Crippen LogP contribution < -0.4 is 11.1 Å². The molecule has 0 radical (unpaired) electrons. The Kier molecular flexibility index (Phi) is 7.63. The van der Waals surface area contributed by atoms with Gasteiger partial charge >= 0.3 is 5.97 Å². The molecule has 2 rings (SSSR count). The van der Waals surface area contributed by atoms with Crippen molar-refractivity contribution in [3.8, 4) is 0 Å². The van der Waals surface area contributed by atoms with Crippen molar-refractivity contribution in [2.24, 2.45) is 0 Å². The highest BCUT2D eigenvalue weighted by atomic mass is 32.2. The molecule has 1 amide bonds. The first-order chi connectivity index (χ1) is 13.0. The molecule has 142 valence electrons. The van der Waals surface area contributed by atoms with Crippen LogP contribution in [0.15, 0.2) is 48.5 Å². The molecule has 2 aromatic rings. The monoisotopic (exact) mass is 389 g/mol. The molecule has 0 heterocycles. The molecule has 0 saturated carbocycles. The van der Waals surface area contributed by atoms with Crippen LogP contribution in [0.3, 0.4) is 0 Å². The van der Waals surface area contributed by atoms with Crippen LogP contribution >= 0.6 is 11.8 Å².